The standard InChI is InChI=1S/C17H11N5/c18-11-13-5-1-3-7-15(13)17(22-10-9-20-21-22)16-8-4-2-6-14(16)12-19/h1-10,17H. The zero-order valence-electron chi connectivity index (χ0n) is 11.6. The lowest BCUT2D eigenvalue weighted by Crippen LogP contribution is -2.16. The largest absolute Gasteiger partial charge is 0.241 e. The van der Waals surface area contributed by atoms with Crippen molar-refractivity contribution in [2.24, 2.45) is 0 Å². The lowest BCUT2D eigenvalue weighted by molar-refractivity contribution is 0.569. The Morgan fingerprint density at radius 3 is 1.86 bits per heavy atom. The first-order valence-electron chi connectivity index (χ1n) is 6.69. The summed E-state index contributed by atoms with van der Waals surface area (Å²) in [5.41, 5.74) is 2.68. The topological polar surface area (TPSA) is 78.3 Å². The maximum atomic E-state index is 9.38. The third-order valence-corrected chi connectivity index (χ3v) is 3.46. The van der Waals surface area contributed by atoms with E-state index >= 15 is 0 Å². The number of benzene rings is 2. The molecule has 0 bridgehead atoms. The normalized spacial score (nSPS) is 10.1. The molecule has 0 spiro atoms. The quantitative estimate of drug-likeness (QED) is 0.741. The van der Waals surface area contributed by atoms with Crippen LogP contribution in [0.1, 0.15) is 28.3 Å². The van der Waals surface area contributed by atoms with Crippen molar-refractivity contribution in [1.29, 1.82) is 10.5 Å². The zero-order valence-corrected chi connectivity index (χ0v) is 11.6. The minimum Gasteiger partial charge on any atom is -0.241 e. The molecule has 22 heavy (non-hydrogen) atoms. The maximum absolute atomic E-state index is 9.38. The summed E-state index contributed by atoms with van der Waals surface area (Å²) < 4.78 is 1.66. The molecule has 0 N–H and O–H groups in total. The van der Waals surface area contributed by atoms with E-state index in [2.05, 4.69) is 22.5 Å². The van der Waals surface area contributed by atoms with Gasteiger partial charge in [0, 0.05) is 6.20 Å². The Labute approximate surface area is 127 Å². The van der Waals surface area contributed by atoms with E-state index in [1.165, 1.54) is 0 Å². The molecule has 0 aliphatic carbocycles. The fraction of sp³-hybridized carbons (Fsp3) is 0.0588. The summed E-state index contributed by atoms with van der Waals surface area (Å²) in [6, 6.07) is 18.7. The van der Waals surface area contributed by atoms with Crippen molar-refractivity contribution in [3.05, 3.63) is 83.2 Å². The first-order valence-corrected chi connectivity index (χ1v) is 6.69. The summed E-state index contributed by atoms with van der Waals surface area (Å²) in [5, 5.41) is 26.7. The molecule has 104 valence electrons. The molecule has 0 aliphatic rings. The minimum atomic E-state index is -0.366. The molecule has 2 aromatic carbocycles. The molecular weight excluding hydrogens is 274 g/mol. The number of hydrogen-bond acceptors (Lipinski definition) is 4. The molecule has 0 fully saturated rings. The van der Waals surface area contributed by atoms with Crippen molar-refractivity contribution in [2.75, 3.05) is 0 Å². The fourth-order valence-corrected chi connectivity index (χ4v) is 2.48. The van der Waals surface area contributed by atoms with E-state index in [9.17, 15) is 10.5 Å². The average molecular weight is 285 g/mol. The van der Waals surface area contributed by atoms with Crippen molar-refractivity contribution in [3.63, 3.8) is 0 Å². The summed E-state index contributed by atoms with van der Waals surface area (Å²) in [6.45, 7) is 0. The summed E-state index contributed by atoms with van der Waals surface area (Å²) in [7, 11) is 0. The van der Waals surface area contributed by atoms with Gasteiger partial charge in [-0.2, -0.15) is 10.5 Å². The van der Waals surface area contributed by atoms with Gasteiger partial charge in [0.05, 0.1) is 29.5 Å². The van der Waals surface area contributed by atoms with E-state index in [-0.39, 0.29) is 6.04 Å². The number of rotatable bonds is 3. The summed E-state index contributed by atoms with van der Waals surface area (Å²) in [4.78, 5) is 0. The molecule has 1 aromatic heterocycles. The SMILES string of the molecule is N#Cc1ccccc1C(c1ccccc1C#N)n1ccnn1. The molecule has 0 saturated heterocycles. The Hall–Kier alpha value is -3.44. The summed E-state index contributed by atoms with van der Waals surface area (Å²) in [6.07, 6.45) is 3.31. The van der Waals surface area contributed by atoms with Crippen molar-refractivity contribution in [3.8, 4) is 12.1 Å². The van der Waals surface area contributed by atoms with E-state index in [4.69, 9.17) is 0 Å². The first kappa shape index (κ1) is 13.5. The Morgan fingerprint density at radius 1 is 0.864 bits per heavy atom. The highest BCUT2D eigenvalue weighted by atomic mass is 15.4. The minimum absolute atomic E-state index is 0.366. The third kappa shape index (κ3) is 2.32. The van der Waals surface area contributed by atoms with E-state index < -0.39 is 0 Å². The van der Waals surface area contributed by atoms with Gasteiger partial charge in [0.1, 0.15) is 6.04 Å². The van der Waals surface area contributed by atoms with Gasteiger partial charge in [-0.1, -0.05) is 41.6 Å². The van der Waals surface area contributed by atoms with Gasteiger partial charge in [0.25, 0.3) is 0 Å². The Morgan fingerprint density at radius 2 is 1.41 bits per heavy atom. The highest BCUT2D eigenvalue weighted by Crippen LogP contribution is 2.30. The van der Waals surface area contributed by atoms with Gasteiger partial charge >= 0.3 is 0 Å². The maximum Gasteiger partial charge on any atom is 0.106 e. The van der Waals surface area contributed by atoms with E-state index in [1.54, 1.807) is 29.2 Å². The van der Waals surface area contributed by atoms with Crippen LogP contribution >= 0.6 is 0 Å². The second kappa shape index (κ2) is 5.90. The van der Waals surface area contributed by atoms with Crippen molar-refractivity contribution >= 4 is 0 Å². The molecule has 3 aromatic rings. The predicted molar refractivity (Wildman–Crippen MR) is 79.6 cm³/mol. The third-order valence-electron chi connectivity index (χ3n) is 3.46. The van der Waals surface area contributed by atoms with Crippen LogP contribution < -0.4 is 0 Å². The van der Waals surface area contributed by atoms with E-state index in [0.29, 0.717) is 11.1 Å². The van der Waals surface area contributed by atoms with E-state index in [0.717, 1.165) is 11.1 Å². The number of hydrogen-bond donors (Lipinski definition) is 0. The number of nitrogens with zero attached hydrogens (tertiary/aromatic N) is 5. The van der Waals surface area contributed by atoms with E-state index in [1.807, 2.05) is 36.4 Å². The number of nitriles is 2. The summed E-state index contributed by atoms with van der Waals surface area (Å²) >= 11 is 0. The molecule has 0 unspecified atom stereocenters. The van der Waals surface area contributed by atoms with Crippen LogP contribution in [0.2, 0.25) is 0 Å². The Bertz CT molecular complexity index is 811. The molecule has 0 atom stereocenters. The van der Waals surface area contributed by atoms with Crippen molar-refractivity contribution in [2.45, 2.75) is 6.04 Å². The Balaban J connectivity index is 2.27. The van der Waals surface area contributed by atoms with Gasteiger partial charge in [-0.05, 0) is 23.3 Å². The number of aromatic nitrogens is 3. The predicted octanol–water partition coefficient (Wildman–Crippen LogP) is 2.66. The second-order valence-corrected chi connectivity index (χ2v) is 4.68. The molecular formula is C17H11N5. The highest BCUT2D eigenvalue weighted by Gasteiger charge is 2.22. The molecule has 3 rings (SSSR count). The lowest BCUT2D eigenvalue weighted by Gasteiger charge is -2.20. The van der Waals surface area contributed by atoms with Gasteiger partial charge in [-0.3, -0.25) is 0 Å². The van der Waals surface area contributed by atoms with Crippen LogP contribution in [0.4, 0.5) is 0 Å². The highest BCUT2D eigenvalue weighted by molar-refractivity contribution is 5.48. The van der Waals surface area contributed by atoms with Gasteiger partial charge in [-0.25, -0.2) is 4.68 Å². The van der Waals surface area contributed by atoms with Crippen LogP contribution in [0, 0.1) is 22.7 Å². The van der Waals surface area contributed by atoms with Gasteiger partial charge < -0.3 is 0 Å². The molecule has 5 heteroatoms. The summed E-state index contributed by atoms with van der Waals surface area (Å²) in [5.74, 6) is 0. The van der Waals surface area contributed by atoms with Crippen LogP contribution in [-0.2, 0) is 0 Å². The monoisotopic (exact) mass is 285 g/mol. The van der Waals surface area contributed by atoms with Gasteiger partial charge in [0.2, 0.25) is 0 Å². The first-order chi connectivity index (χ1) is 10.8. The van der Waals surface area contributed by atoms with Crippen LogP contribution in [0.25, 0.3) is 0 Å². The molecule has 0 amide bonds. The second-order valence-electron chi connectivity index (χ2n) is 4.68. The van der Waals surface area contributed by atoms with Gasteiger partial charge in [0.15, 0.2) is 0 Å². The molecule has 0 aliphatic heterocycles. The Kier molecular flexibility index (Phi) is 3.63. The fourth-order valence-electron chi connectivity index (χ4n) is 2.48. The molecule has 0 saturated carbocycles. The molecule has 1 heterocycles. The lowest BCUT2D eigenvalue weighted by atomic mass is 9.92. The van der Waals surface area contributed by atoms with Crippen LogP contribution in [-0.4, -0.2) is 15.0 Å². The molecule has 0 radical (unpaired) electrons. The van der Waals surface area contributed by atoms with Crippen LogP contribution in [0.5, 0.6) is 0 Å². The van der Waals surface area contributed by atoms with Crippen molar-refractivity contribution in [1.82, 2.24) is 15.0 Å². The average Bonchev–Trinajstić information content (AvgIpc) is 3.10. The molecule has 5 nitrogen and oxygen atoms in total. The smallest absolute Gasteiger partial charge is 0.106 e. The van der Waals surface area contributed by atoms with Crippen molar-refractivity contribution < 1.29 is 0 Å². The van der Waals surface area contributed by atoms with Crippen LogP contribution in [0.15, 0.2) is 60.9 Å². The van der Waals surface area contributed by atoms with Gasteiger partial charge in [-0.15, -0.1) is 5.10 Å². The zero-order chi connectivity index (χ0) is 15.4. The van der Waals surface area contributed by atoms with Crippen LogP contribution in [0.3, 0.4) is 0 Å².